The average Bonchev–Trinajstić information content (AvgIpc) is 2.09. The van der Waals surface area contributed by atoms with Crippen molar-refractivity contribution in [2.75, 3.05) is 13.1 Å². The zero-order valence-corrected chi connectivity index (χ0v) is 8.63. The predicted octanol–water partition coefficient (Wildman–Crippen LogP) is 1.25. The van der Waals surface area contributed by atoms with E-state index >= 15 is 0 Å². The highest BCUT2D eigenvalue weighted by Gasteiger charge is 1.95. The van der Waals surface area contributed by atoms with Gasteiger partial charge < -0.3 is 15.5 Å². The highest BCUT2D eigenvalue weighted by atomic mass is 16.5. The Morgan fingerprint density at radius 1 is 1.00 bits per heavy atom. The van der Waals surface area contributed by atoms with Crippen molar-refractivity contribution < 1.29 is 10.2 Å². The van der Waals surface area contributed by atoms with E-state index in [-0.39, 0.29) is 0 Å². The van der Waals surface area contributed by atoms with Gasteiger partial charge in [-0.1, -0.05) is 32.6 Å². The zero-order valence-electron chi connectivity index (χ0n) is 8.63. The van der Waals surface area contributed by atoms with E-state index in [1.54, 1.807) is 0 Å². The van der Waals surface area contributed by atoms with Gasteiger partial charge in [0, 0.05) is 6.42 Å². The molecule has 3 N–H and O–H groups in total. The Kier molecular flexibility index (Phi) is 9.87. The van der Waals surface area contributed by atoms with Gasteiger partial charge in [-0.25, -0.2) is 0 Å². The average molecular weight is 189 g/mol. The fourth-order valence-corrected chi connectivity index (χ4v) is 1.21. The molecule has 0 rings (SSSR count). The summed E-state index contributed by atoms with van der Waals surface area (Å²) >= 11 is 0. The number of unbranched alkanes of at least 4 members (excludes halogenated alkanes) is 4. The van der Waals surface area contributed by atoms with Crippen LogP contribution in [0.1, 0.15) is 45.4 Å². The van der Waals surface area contributed by atoms with E-state index in [0.717, 1.165) is 6.54 Å². The van der Waals surface area contributed by atoms with Gasteiger partial charge in [0.15, 0.2) is 6.29 Å². The van der Waals surface area contributed by atoms with Gasteiger partial charge in [0.2, 0.25) is 0 Å². The van der Waals surface area contributed by atoms with Crippen LogP contribution in [-0.2, 0) is 0 Å². The lowest BCUT2D eigenvalue weighted by atomic mass is 10.1. The van der Waals surface area contributed by atoms with Gasteiger partial charge in [-0.15, -0.1) is 0 Å². The van der Waals surface area contributed by atoms with Crippen molar-refractivity contribution in [2.45, 2.75) is 51.7 Å². The molecule has 3 nitrogen and oxygen atoms in total. The Morgan fingerprint density at radius 3 is 2.31 bits per heavy atom. The molecule has 0 aliphatic heterocycles. The highest BCUT2D eigenvalue weighted by molar-refractivity contribution is 4.50. The van der Waals surface area contributed by atoms with Crippen molar-refractivity contribution in [3.63, 3.8) is 0 Å². The van der Waals surface area contributed by atoms with Crippen LogP contribution in [0.4, 0.5) is 0 Å². The van der Waals surface area contributed by atoms with Crippen molar-refractivity contribution in [3.05, 3.63) is 0 Å². The fourth-order valence-electron chi connectivity index (χ4n) is 1.21. The summed E-state index contributed by atoms with van der Waals surface area (Å²) in [5.41, 5.74) is 0. The van der Waals surface area contributed by atoms with Crippen molar-refractivity contribution in [1.82, 2.24) is 5.32 Å². The SMILES string of the molecule is CCCCCCCNCCC(O)O. The van der Waals surface area contributed by atoms with Gasteiger partial charge in [0.1, 0.15) is 0 Å². The van der Waals surface area contributed by atoms with Gasteiger partial charge in [-0.2, -0.15) is 0 Å². The number of nitrogens with one attached hydrogen (secondary N) is 1. The van der Waals surface area contributed by atoms with Crippen LogP contribution in [0.3, 0.4) is 0 Å². The molecule has 0 amide bonds. The molecular formula is C10H23NO2. The van der Waals surface area contributed by atoms with Crippen LogP contribution in [0.5, 0.6) is 0 Å². The van der Waals surface area contributed by atoms with Gasteiger partial charge in [0.05, 0.1) is 0 Å². The molecule has 13 heavy (non-hydrogen) atoms. The molecule has 0 aliphatic carbocycles. The first-order valence-electron chi connectivity index (χ1n) is 5.34. The molecule has 0 radical (unpaired) electrons. The van der Waals surface area contributed by atoms with Gasteiger partial charge in [0.25, 0.3) is 0 Å². The Hall–Kier alpha value is -0.120. The van der Waals surface area contributed by atoms with E-state index in [4.69, 9.17) is 10.2 Å². The topological polar surface area (TPSA) is 52.5 Å². The molecule has 80 valence electrons. The monoisotopic (exact) mass is 189 g/mol. The summed E-state index contributed by atoms with van der Waals surface area (Å²) in [5.74, 6) is 0. The number of rotatable bonds is 9. The molecule has 0 aromatic rings. The maximum Gasteiger partial charge on any atom is 0.152 e. The third-order valence-corrected chi connectivity index (χ3v) is 2.04. The lowest BCUT2D eigenvalue weighted by Crippen LogP contribution is -2.21. The molecule has 0 spiro atoms. The third-order valence-electron chi connectivity index (χ3n) is 2.04. The molecule has 0 aromatic carbocycles. The van der Waals surface area contributed by atoms with Crippen LogP contribution >= 0.6 is 0 Å². The van der Waals surface area contributed by atoms with Crippen LogP contribution in [0.25, 0.3) is 0 Å². The van der Waals surface area contributed by atoms with Crippen molar-refractivity contribution in [3.8, 4) is 0 Å². The molecule has 0 unspecified atom stereocenters. The first-order valence-corrected chi connectivity index (χ1v) is 5.34. The summed E-state index contributed by atoms with van der Waals surface area (Å²) in [7, 11) is 0. The van der Waals surface area contributed by atoms with Crippen molar-refractivity contribution in [2.24, 2.45) is 0 Å². The lowest BCUT2D eigenvalue weighted by Gasteiger charge is -2.05. The van der Waals surface area contributed by atoms with Crippen LogP contribution in [0.15, 0.2) is 0 Å². The normalized spacial score (nSPS) is 11.1. The molecule has 0 bridgehead atoms. The first-order chi connectivity index (χ1) is 6.27. The molecule has 0 fully saturated rings. The lowest BCUT2D eigenvalue weighted by molar-refractivity contribution is -0.0443. The summed E-state index contributed by atoms with van der Waals surface area (Å²) in [6.07, 6.45) is 5.67. The molecule has 0 saturated heterocycles. The largest absolute Gasteiger partial charge is 0.368 e. The number of hydrogen-bond donors (Lipinski definition) is 3. The summed E-state index contributed by atoms with van der Waals surface area (Å²) in [4.78, 5) is 0. The Balaban J connectivity index is 2.84. The van der Waals surface area contributed by atoms with Crippen molar-refractivity contribution >= 4 is 0 Å². The Morgan fingerprint density at radius 2 is 1.69 bits per heavy atom. The summed E-state index contributed by atoms with van der Waals surface area (Å²) in [5, 5.41) is 20.3. The zero-order chi connectivity index (χ0) is 9.94. The second kappa shape index (κ2) is 9.96. The van der Waals surface area contributed by atoms with Gasteiger partial charge in [-0.3, -0.25) is 0 Å². The molecule has 0 saturated carbocycles. The molecule has 0 heterocycles. The number of aliphatic hydroxyl groups is 2. The van der Waals surface area contributed by atoms with Crippen LogP contribution in [0.2, 0.25) is 0 Å². The van der Waals surface area contributed by atoms with Crippen LogP contribution in [0, 0.1) is 0 Å². The van der Waals surface area contributed by atoms with E-state index < -0.39 is 6.29 Å². The first kappa shape index (κ1) is 12.9. The number of hydrogen-bond acceptors (Lipinski definition) is 3. The summed E-state index contributed by atoms with van der Waals surface area (Å²) < 4.78 is 0. The second-order valence-electron chi connectivity index (χ2n) is 3.43. The van der Waals surface area contributed by atoms with Crippen molar-refractivity contribution in [1.29, 1.82) is 0 Å². The van der Waals surface area contributed by atoms with Gasteiger partial charge >= 0.3 is 0 Å². The standard InChI is InChI=1S/C10H23NO2/c1-2-3-4-5-6-8-11-9-7-10(12)13/h10-13H,2-9H2,1H3. The van der Waals surface area contributed by atoms with Crippen LogP contribution < -0.4 is 5.32 Å². The summed E-state index contributed by atoms with van der Waals surface area (Å²) in [6.45, 7) is 3.91. The fraction of sp³-hybridized carbons (Fsp3) is 1.00. The second-order valence-corrected chi connectivity index (χ2v) is 3.43. The minimum atomic E-state index is -1.16. The molecule has 0 aliphatic rings. The molecular weight excluding hydrogens is 166 g/mol. The maximum atomic E-state index is 8.54. The highest BCUT2D eigenvalue weighted by Crippen LogP contribution is 2.00. The number of aliphatic hydroxyl groups excluding tert-OH is 1. The van der Waals surface area contributed by atoms with E-state index in [1.165, 1.54) is 32.1 Å². The van der Waals surface area contributed by atoms with E-state index in [9.17, 15) is 0 Å². The molecule has 0 aromatic heterocycles. The van der Waals surface area contributed by atoms with Crippen LogP contribution in [-0.4, -0.2) is 29.6 Å². The quantitative estimate of drug-likeness (QED) is 0.378. The summed E-state index contributed by atoms with van der Waals surface area (Å²) in [6, 6.07) is 0. The van der Waals surface area contributed by atoms with E-state index in [0.29, 0.717) is 13.0 Å². The predicted molar refractivity (Wildman–Crippen MR) is 54.5 cm³/mol. The van der Waals surface area contributed by atoms with Gasteiger partial charge in [-0.05, 0) is 19.5 Å². The van der Waals surface area contributed by atoms with E-state index in [2.05, 4.69) is 12.2 Å². The molecule has 0 atom stereocenters. The Bertz CT molecular complexity index is 96.9. The smallest absolute Gasteiger partial charge is 0.152 e. The minimum absolute atomic E-state index is 0.426. The Labute approximate surface area is 81.2 Å². The minimum Gasteiger partial charge on any atom is -0.368 e. The maximum absolute atomic E-state index is 8.54. The molecule has 3 heteroatoms. The third kappa shape index (κ3) is 11.9. The van der Waals surface area contributed by atoms with E-state index in [1.807, 2.05) is 0 Å².